The lowest BCUT2D eigenvalue weighted by molar-refractivity contribution is -0.115. The summed E-state index contributed by atoms with van der Waals surface area (Å²) in [6.45, 7) is 3.75. The number of halogens is 3. The van der Waals surface area contributed by atoms with Gasteiger partial charge in [-0.2, -0.15) is 0 Å². The van der Waals surface area contributed by atoms with Crippen molar-refractivity contribution in [2.75, 3.05) is 11.9 Å². The standard InChI is InChI=1S/C17H17BrF2N2O/c1-10-7-13(18)4-6-16(10)22-17(23)9-21-11(2)12-3-5-14(19)15(20)8-12/h3-8,11,21H,9H2,1-2H3,(H,22,23)/t11-/m1/s1. The Labute approximate surface area is 142 Å². The first kappa shape index (κ1) is 17.6. The van der Waals surface area contributed by atoms with Crippen molar-refractivity contribution in [3.05, 3.63) is 63.6 Å². The van der Waals surface area contributed by atoms with Gasteiger partial charge in [0.1, 0.15) is 0 Å². The Morgan fingerprint density at radius 3 is 2.57 bits per heavy atom. The zero-order chi connectivity index (χ0) is 17.0. The van der Waals surface area contributed by atoms with Crippen LogP contribution in [0, 0.1) is 18.6 Å². The molecule has 0 aliphatic rings. The van der Waals surface area contributed by atoms with Crippen LogP contribution in [0.3, 0.4) is 0 Å². The highest BCUT2D eigenvalue weighted by Gasteiger charge is 2.11. The van der Waals surface area contributed by atoms with Crippen LogP contribution in [0.25, 0.3) is 0 Å². The third-order valence-electron chi connectivity index (χ3n) is 3.48. The van der Waals surface area contributed by atoms with Crippen molar-refractivity contribution < 1.29 is 13.6 Å². The number of amides is 1. The van der Waals surface area contributed by atoms with E-state index in [2.05, 4.69) is 26.6 Å². The highest BCUT2D eigenvalue weighted by atomic mass is 79.9. The van der Waals surface area contributed by atoms with Gasteiger partial charge in [0.05, 0.1) is 6.54 Å². The SMILES string of the molecule is Cc1cc(Br)ccc1NC(=O)CN[C@H](C)c1ccc(F)c(F)c1. The molecule has 2 aromatic rings. The molecule has 1 amide bonds. The van der Waals surface area contributed by atoms with Crippen molar-refractivity contribution in [3.8, 4) is 0 Å². The van der Waals surface area contributed by atoms with Gasteiger partial charge in [-0.05, 0) is 55.3 Å². The number of carbonyl (C=O) groups excluding carboxylic acids is 1. The molecule has 2 rings (SSSR count). The first-order valence-corrected chi connectivity index (χ1v) is 7.90. The van der Waals surface area contributed by atoms with E-state index in [0.717, 1.165) is 27.9 Å². The number of benzene rings is 2. The van der Waals surface area contributed by atoms with Crippen LogP contribution in [0.15, 0.2) is 40.9 Å². The number of carbonyl (C=O) groups is 1. The van der Waals surface area contributed by atoms with E-state index in [-0.39, 0.29) is 18.5 Å². The van der Waals surface area contributed by atoms with Crippen molar-refractivity contribution in [1.29, 1.82) is 0 Å². The Balaban J connectivity index is 1.91. The first-order chi connectivity index (χ1) is 10.9. The lowest BCUT2D eigenvalue weighted by Gasteiger charge is -2.15. The molecule has 0 radical (unpaired) electrons. The van der Waals surface area contributed by atoms with Crippen molar-refractivity contribution in [3.63, 3.8) is 0 Å². The van der Waals surface area contributed by atoms with Gasteiger partial charge in [0.15, 0.2) is 11.6 Å². The van der Waals surface area contributed by atoms with Crippen molar-refractivity contribution in [2.24, 2.45) is 0 Å². The third kappa shape index (κ3) is 4.84. The molecule has 0 aromatic heterocycles. The van der Waals surface area contributed by atoms with E-state index in [1.165, 1.54) is 6.07 Å². The predicted molar refractivity (Wildman–Crippen MR) is 90.3 cm³/mol. The Hall–Kier alpha value is -1.79. The van der Waals surface area contributed by atoms with Gasteiger partial charge >= 0.3 is 0 Å². The molecule has 0 heterocycles. The van der Waals surface area contributed by atoms with Crippen molar-refractivity contribution >= 4 is 27.5 Å². The Kier molecular flexibility index (Phi) is 5.85. The summed E-state index contributed by atoms with van der Waals surface area (Å²) in [6, 6.07) is 9.00. The summed E-state index contributed by atoms with van der Waals surface area (Å²) < 4.78 is 27.1. The second-order valence-electron chi connectivity index (χ2n) is 5.28. The summed E-state index contributed by atoms with van der Waals surface area (Å²) in [5, 5.41) is 5.79. The smallest absolute Gasteiger partial charge is 0.238 e. The summed E-state index contributed by atoms with van der Waals surface area (Å²) in [4.78, 5) is 12.0. The monoisotopic (exact) mass is 382 g/mol. The van der Waals surface area contributed by atoms with Gasteiger partial charge in [-0.3, -0.25) is 4.79 Å². The lowest BCUT2D eigenvalue weighted by Crippen LogP contribution is -2.30. The minimum atomic E-state index is -0.897. The van der Waals surface area contributed by atoms with E-state index in [4.69, 9.17) is 0 Å². The Morgan fingerprint density at radius 2 is 1.91 bits per heavy atom. The number of hydrogen-bond acceptors (Lipinski definition) is 2. The fourth-order valence-corrected chi connectivity index (χ4v) is 2.58. The molecule has 0 aliphatic carbocycles. The van der Waals surface area contributed by atoms with Gasteiger partial charge in [0.2, 0.25) is 5.91 Å². The van der Waals surface area contributed by atoms with Crippen LogP contribution < -0.4 is 10.6 Å². The molecule has 0 unspecified atom stereocenters. The maximum absolute atomic E-state index is 13.2. The molecule has 0 saturated carbocycles. The first-order valence-electron chi connectivity index (χ1n) is 7.11. The topological polar surface area (TPSA) is 41.1 Å². The highest BCUT2D eigenvalue weighted by molar-refractivity contribution is 9.10. The van der Waals surface area contributed by atoms with Crippen LogP contribution >= 0.6 is 15.9 Å². The molecule has 122 valence electrons. The quantitative estimate of drug-likeness (QED) is 0.807. The minimum Gasteiger partial charge on any atom is -0.325 e. The fraction of sp³-hybridized carbons (Fsp3) is 0.235. The molecule has 6 heteroatoms. The highest BCUT2D eigenvalue weighted by Crippen LogP contribution is 2.20. The molecular weight excluding hydrogens is 366 g/mol. The number of anilines is 1. The molecule has 3 nitrogen and oxygen atoms in total. The minimum absolute atomic E-state index is 0.0651. The number of nitrogens with one attached hydrogen (secondary N) is 2. The van der Waals surface area contributed by atoms with E-state index in [0.29, 0.717) is 5.56 Å². The largest absolute Gasteiger partial charge is 0.325 e. The van der Waals surface area contributed by atoms with Crippen LogP contribution in [0.4, 0.5) is 14.5 Å². The van der Waals surface area contributed by atoms with Gasteiger partial charge in [0, 0.05) is 16.2 Å². The van der Waals surface area contributed by atoms with Gasteiger partial charge in [-0.25, -0.2) is 8.78 Å². The second-order valence-corrected chi connectivity index (χ2v) is 6.20. The fourth-order valence-electron chi connectivity index (χ4n) is 2.11. The van der Waals surface area contributed by atoms with E-state index < -0.39 is 11.6 Å². The average molecular weight is 383 g/mol. The Morgan fingerprint density at radius 1 is 1.17 bits per heavy atom. The van der Waals surface area contributed by atoms with Gasteiger partial charge in [-0.15, -0.1) is 0 Å². The number of rotatable bonds is 5. The molecule has 0 fully saturated rings. The van der Waals surface area contributed by atoms with Crippen molar-refractivity contribution in [1.82, 2.24) is 5.32 Å². The summed E-state index contributed by atoms with van der Waals surface area (Å²) in [5.74, 6) is -1.99. The normalized spacial score (nSPS) is 12.0. The molecular formula is C17H17BrF2N2O. The van der Waals surface area contributed by atoms with E-state index in [1.54, 1.807) is 6.92 Å². The van der Waals surface area contributed by atoms with E-state index in [1.807, 2.05) is 25.1 Å². The van der Waals surface area contributed by atoms with Gasteiger partial charge in [-0.1, -0.05) is 22.0 Å². The molecule has 0 saturated heterocycles. The van der Waals surface area contributed by atoms with Crippen LogP contribution in [-0.2, 0) is 4.79 Å². The predicted octanol–water partition coefficient (Wildman–Crippen LogP) is 4.33. The maximum atomic E-state index is 13.2. The summed E-state index contributed by atoms with van der Waals surface area (Å²) in [6.07, 6.45) is 0. The van der Waals surface area contributed by atoms with E-state index >= 15 is 0 Å². The van der Waals surface area contributed by atoms with Crippen LogP contribution in [0.1, 0.15) is 24.1 Å². The van der Waals surface area contributed by atoms with Gasteiger partial charge in [0.25, 0.3) is 0 Å². The second kappa shape index (κ2) is 7.66. The van der Waals surface area contributed by atoms with Crippen LogP contribution in [-0.4, -0.2) is 12.5 Å². The molecule has 0 aliphatic heterocycles. The van der Waals surface area contributed by atoms with Crippen LogP contribution in [0.2, 0.25) is 0 Å². The molecule has 0 bridgehead atoms. The molecule has 23 heavy (non-hydrogen) atoms. The van der Waals surface area contributed by atoms with E-state index in [9.17, 15) is 13.6 Å². The Bertz CT molecular complexity index is 722. The van der Waals surface area contributed by atoms with Crippen LogP contribution in [0.5, 0.6) is 0 Å². The number of hydrogen-bond donors (Lipinski definition) is 2. The summed E-state index contributed by atoms with van der Waals surface area (Å²) in [5.41, 5.74) is 2.26. The zero-order valence-electron chi connectivity index (χ0n) is 12.8. The summed E-state index contributed by atoms with van der Waals surface area (Å²) >= 11 is 3.37. The molecule has 2 aromatic carbocycles. The van der Waals surface area contributed by atoms with Gasteiger partial charge < -0.3 is 10.6 Å². The van der Waals surface area contributed by atoms with Crippen molar-refractivity contribution in [2.45, 2.75) is 19.9 Å². The number of aryl methyl sites for hydroxylation is 1. The molecule has 1 atom stereocenters. The third-order valence-corrected chi connectivity index (χ3v) is 3.97. The maximum Gasteiger partial charge on any atom is 0.238 e. The zero-order valence-corrected chi connectivity index (χ0v) is 14.4. The summed E-state index contributed by atoms with van der Waals surface area (Å²) in [7, 11) is 0. The average Bonchev–Trinajstić information content (AvgIpc) is 2.50. The molecule has 0 spiro atoms. The lowest BCUT2D eigenvalue weighted by atomic mass is 10.1. The molecule has 2 N–H and O–H groups in total.